The molecule has 98 valence electrons. The molecule has 0 aromatic heterocycles. The number of anilines is 1. The minimum Gasteiger partial charge on any atom is -0.384 e. The average molecular weight is 312 g/mol. The van der Waals surface area contributed by atoms with Crippen LogP contribution in [0.15, 0.2) is 22.7 Å². The SMILES string of the molecule is COCC1CCN(c2ccc(C(=N)N)cc2Br)C1. The summed E-state index contributed by atoms with van der Waals surface area (Å²) in [5, 5.41) is 7.43. The Bertz CT molecular complexity index is 450. The molecule has 5 heteroatoms. The smallest absolute Gasteiger partial charge is 0.122 e. The highest BCUT2D eigenvalue weighted by molar-refractivity contribution is 9.10. The van der Waals surface area contributed by atoms with Crippen molar-refractivity contribution in [3.63, 3.8) is 0 Å². The number of halogens is 1. The van der Waals surface area contributed by atoms with Gasteiger partial charge in [-0.15, -0.1) is 0 Å². The summed E-state index contributed by atoms with van der Waals surface area (Å²) in [6.07, 6.45) is 1.16. The minimum atomic E-state index is 0.0981. The number of nitrogens with one attached hydrogen (secondary N) is 1. The van der Waals surface area contributed by atoms with Crippen molar-refractivity contribution in [3.05, 3.63) is 28.2 Å². The van der Waals surface area contributed by atoms with Gasteiger partial charge in [0.15, 0.2) is 0 Å². The van der Waals surface area contributed by atoms with Gasteiger partial charge in [-0.3, -0.25) is 5.41 Å². The molecule has 1 aromatic carbocycles. The molecule has 1 aliphatic rings. The number of methoxy groups -OCH3 is 1. The van der Waals surface area contributed by atoms with Gasteiger partial charge in [0, 0.05) is 36.2 Å². The van der Waals surface area contributed by atoms with Crippen LogP contribution in [0.5, 0.6) is 0 Å². The van der Waals surface area contributed by atoms with Crippen LogP contribution in [0.25, 0.3) is 0 Å². The number of benzene rings is 1. The molecule has 0 saturated carbocycles. The van der Waals surface area contributed by atoms with Gasteiger partial charge in [-0.05, 0) is 40.5 Å². The second-order valence-corrected chi connectivity index (χ2v) is 5.49. The predicted octanol–water partition coefficient (Wildman–Crippen LogP) is 2.21. The van der Waals surface area contributed by atoms with E-state index in [2.05, 4.69) is 20.8 Å². The quantitative estimate of drug-likeness (QED) is 0.662. The van der Waals surface area contributed by atoms with Crippen LogP contribution >= 0.6 is 15.9 Å². The maximum Gasteiger partial charge on any atom is 0.122 e. The van der Waals surface area contributed by atoms with Gasteiger partial charge >= 0.3 is 0 Å². The van der Waals surface area contributed by atoms with Crippen molar-refractivity contribution in [1.82, 2.24) is 0 Å². The molecule has 0 spiro atoms. The third kappa shape index (κ3) is 2.84. The number of nitrogens with zero attached hydrogens (tertiary/aromatic N) is 1. The van der Waals surface area contributed by atoms with Crippen LogP contribution in [0, 0.1) is 11.3 Å². The van der Waals surface area contributed by atoms with E-state index in [-0.39, 0.29) is 5.84 Å². The number of ether oxygens (including phenoxy) is 1. The first-order valence-electron chi connectivity index (χ1n) is 5.99. The van der Waals surface area contributed by atoms with Gasteiger partial charge < -0.3 is 15.4 Å². The molecule has 1 heterocycles. The van der Waals surface area contributed by atoms with Gasteiger partial charge in [0.2, 0.25) is 0 Å². The highest BCUT2D eigenvalue weighted by atomic mass is 79.9. The second-order valence-electron chi connectivity index (χ2n) is 4.64. The van der Waals surface area contributed by atoms with E-state index in [1.54, 1.807) is 7.11 Å². The first-order valence-corrected chi connectivity index (χ1v) is 6.79. The van der Waals surface area contributed by atoms with Gasteiger partial charge in [0.1, 0.15) is 5.84 Å². The van der Waals surface area contributed by atoms with E-state index < -0.39 is 0 Å². The van der Waals surface area contributed by atoms with Gasteiger partial charge in [-0.2, -0.15) is 0 Å². The van der Waals surface area contributed by atoms with E-state index in [4.69, 9.17) is 15.9 Å². The molecule has 0 aliphatic carbocycles. The van der Waals surface area contributed by atoms with E-state index in [1.165, 1.54) is 5.69 Å². The third-order valence-corrected chi connectivity index (χ3v) is 3.92. The van der Waals surface area contributed by atoms with Gasteiger partial charge in [0.25, 0.3) is 0 Å². The van der Waals surface area contributed by atoms with Gasteiger partial charge in [0.05, 0.1) is 12.3 Å². The Morgan fingerprint density at radius 2 is 2.39 bits per heavy atom. The molecule has 4 nitrogen and oxygen atoms in total. The number of hydrogen-bond acceptors (Lipinski definition) is 3. The van der Waals surface area contributed by atoms with Crippen molar-refractivity contribution >= 4 is 27.5 Å². The first-order chi connectivity index (χ1) is 8.61. The van der Waals surface area contributed by atoms with E-state index in [9.17, 15) is 0 Å². The second kappa shape index (κ2) is 5.71. The molecule has 18 heavy (non-hydrogen) atoms. The number of rotatable bonds is 4. The standard InChI is InChI=1S/C13H18BrN3O/c1-18-8-9-4-5-17(7-9)12-3-2-10(13(15)16)6-11(12)14/h2-3,6,9H,4-5,7-8H2,1H3,(H3,15,16). The van der Waals surface area contributed by atoms with Crippen LogP contribution in [0.4, 0.5) is 5.69 Å². The van der Waals surface area contributed by atoms with Crippen molar-refractivity contribution in [2.75, 3.05) is 31.7 Å². The van der Waals surface area contributed by atoms with Crippen molar-refractivity contribution in [2.24, 2.45) is 11.7 Å². The minimum absolute atomic E-state index is 0.0981. The Balaban J connectivity index is 2.12. The summed E-state index contributed by atoms with van der Waals surface area (Å²) in [7, 11) is 1.75. The number of hydrogen-bond donors (Lipinski definition) is 2. The Hall–Kier alpha value is -1.07. The maximum atomic E-state index is 7.43. The molecule has 1 fully saturated rings. The summed E-state index contributed by atoms with van der Waals surface area (Å²) in [5.74, 6) is 0.704. The number of nitrogen functional groups attached to an aromatic ring is 1. The molecule has 0 bridgehead atoms. The van der Waals surface area contributed by atoms with Crippen molar-refractivity contribution in [3.8, 4) is 0 Å². The average Bonchev–Trinajstić information content (AvgIpc) is 2.77. The Morgan fingerprint density at radius 1 is 1.61 bits per heavy atom. The highest BCUT2D eigenvalue weighted by Gasteiger charge is 2.23. The van der Waals surface area contributed by atoms with Gasteiger partial charge in [-0.25, -0.2) is 0 Å². The fourth-order valence-corrected chi connectivity index (χ4v) is 2.98. The van der Waals surface area contributed by atoms with Crippen LogP contribution in [-0.4, -0.2) is 32.6 Å². The van der Waals surface area contributed by atoms with Crippen LogP contribution in [0.2, 0.25) is 0 Å². The predicted molar refractivity (Wildman–Crippen MR) is 77.4 cm³/mol. The Morgan fingerprint density at radius 3 is 3.00 bits per heavy atom. The van der Waals surface area contributed by atoms with Crippen molar-refractivity contribution in [2.45, 2.75) is 6.42 Å². The fraction of sp³-hybridized carbons (Fsp3) is 0.462. The van der Waals surface area contributed by atoms with Crippen LogP contribution in [-0.2, 0) is 4.74 Å². The molecule has 1 unspecified atom stereocenters. The maximum absolute atomic E-state index is 7.43. The lowest BCUT2D eigenvalue weighted by Gasteiger charge is -2.20. The molecule has 0 amide bonds. The molecule has 1 saturated heterocycles. The zero-order valence-electron chi connectivity index (χ0n) is 10.4. The Kier molecular flexibility index (Phi) is 4.24. The molecule has 3 N–H and O–H groups in total. The van der Waals surface area contributed by atoms with Crippen LogP contribution < -0.4 is 10.6 Å². The zero-order valence-corrected chi connectivity index (χ0v) is 12.0. The molecule has 1 atom stereocenters. The first kappa shape index (κ1) is 13.4. The lowest BCUT2D eigenvalue weighted by molar-refractivity contribution is 0.161. The van der Waals surface area contributed by atoms with E-state index in [0.29, 0.717) is 5.92 Å². The number of nitrogens with two attached hydrogens (primary N) is 1. The van der Waals surface area contributed by atoms with E-state index in [0.717, 1.165) is 36.2 Å². The van der Waals surface area contributed by atoms with Crippen LogP contribution in [0.3, 0.4) is 0 Å². The molecule has 0 radical (unpaired) electrons. The summed E-state index contributed by atoms with van der Waals surface area (Å²) in [6.45, 7) is 2.89. The normalized spacial score (nSPS) is 19.2. The molecule has 2 rings (SSSR count). The van der Waals surface area contributed by atoms with E-state index in [1.807, 2.05) is 18.2 Å². The molecular weight excluding hydrogens is 294 g/mol. The lowest BCUT2D eigenvalue weighted by Crippen LogP contribution is -2.21. The zero-order chi connectivity index (χ0) is 13.1. The molecule has 1 aromatic rings. The summed E-state index contributed by atoms with van der Waals surface area (Å²) in [6, 6.07) is 5.82. The summed E-state index contributed by atoms with van der Waals surface area (Å²) < 4.78 is 6.20. The topological polar surface area (TPSA) is 62.3 Å². The summed E-state index contributed by atoms with van der Waals surface area (Å²) in [5.41, 5.74) is 7.39. The van der Waals surface area contributed by atoms with Crippen LogP contribution in [0.1, 0.15) is 12.0 Å². The third-order valence-electron chi connectivity index (χ3n) is 3.29. The highest BCUT2D eigenvalue weighted by Crippen LogP contribution is 2.31. The van der Waals surface area contributed by atoms with Gasteiger partial charge in [-0.1, -0.05) is 0 Å². The largest absolute Gasteiger partial charge is 0.384 e. The summed E-state index contributed by atoms with van der Waals surface area (Å²) >= 11 is 3.56. The number of amidine groups is 1. The fourth-order valence-electron chi connectivity index (χ4n) is 2.35. The van der Waals surface area contributed by atoms with Crippen molar-refractivity contribution in [1.29, 1.82) is 5.41 Å². The monoisotopic (exact) mass is 311 g/mol. The molecule has 1 aliphatic heterocycles. The van der Waals surface area contributed by atoms with Crippen molar-refractivity contribution < 1.29 is 4.74 Å². The molecular formula is C13H18BrN3O. The lowest BCUT2D eigenvalue weighted by atomic mass is 10.1. The summed E-state index contributed by atoms with van der Waals surface area (Å²) in [4.78, 5) is 2.34. The Labute approximate surface area is 116 Å². The van der Waals surface area contributed by atoms with E-state index >= 15 is 0 Å².